The maximum absolute atomic E-state index is 11.8. The Hall–Kier alpha value is -1.84. The third-order valence-electron chi connectivity index (χ3n) is 3.61. The molecule has 2 heterocycles. The molecule has 4 nitrogen and oxygen atoms in total. The van der Waals surface area contributed by atoms with Gasteiger partial charge in [-0.3, -0.25) is 0 Å². The quantitative estimate of drug-likeness (QED) is 0.683. The largest absolute Gasteiger partial charge is 0.462 e. The van der Waals surface area contributed by atoms with E-state index in [-0.39, 0.29) is 11.9 Å². The summed E-state index contributed by atoms with van der Waals surface area (Å²) in [6, 6.07) is 6.43. The van der Waals surface area contributed by atoms with Crippen LogP contribution in [0.4, 0.5) is 0 Å². The highest BCUT2D eigenvalue weighted by atomic mass is 16.5. The lowest BCUT2D eigenvalue weighted by atomic mass is 10.1. The Morgan fingerprint density at radius 1 is 0.571 bits per heavy atom. The van der Waals surface area contributed by atoms with E-state index < -0.39 is 0 Å². The highest BCUT2D eigenvalue weighted by molar-refractivity contribution is 5.93. The molecule has 0 aliphatic carbocycles. The van der Waals surface area contributed by atoms with Crippen LogP contribution in [0.25, 0.3) is 0 Å². The van der Waals surface area contributed by atoms with Gasteiger partial charge in [0.15, 0.2) is 0 Å². The van der Waals surface area contributed by atoms with E-state index in [1.54, 1.807) is 24.3 Å². The van der Waals surface area contributed by atoms with Crippen molar-refractivity contribution in [2.24, 2.45) is 0 Å². The first-order chi connectivity index (χ1) is 10.3. The van der Waals surface area contributed by atoms with Crippen LogP contribution in [-0.4, -0.2) is 25.2 Å². The lowest BCUT2D eigenvalue weighted by Gasteiger charge is -2.06. The van der Waals surface area contributed by atoms with E-state index >= 15 is 0 Å². The zero-order valence-corrected chi connectivity index (χ0v) is 12.3. The number of rotatable bonds is 0. The molecule has 114 valence electrons. The van der Waals surface area contributed by atoms with Gasteiger partial charge >= 0.3 is 11.9 Å². The van der Waals surface area contributed by atoms with E-state index in [0.717, 1.165) is 38.5 Å². The maximum Gasteiger partial charge on any atom is 0.338 e. The van der Waals surface area contributed by atoms with Gasteiger partial charge in [-0.05, 0) is 37.1 Å². The smallest absolute Gasteiger partial charge is 0.338 e. The Kier molecular flexibility index (Phi) is 6.25. The summed E-state index contributed by atoms with van der Waals surface area (Å²) in [5.74, 6) is -0.668. The van der Waals surface area contributed by atoms with Crippen molar-refractivity contribution in [1.29, 1.82) is 0 Å². The van der Waals surface area contributed by atoms with Crippen LogP contribution in [0.1, 0.15) is 65.7 Å². The third kappa shape index (κ3) is 5.21. The fourth-order valence-electron chi connectivity index (χ4n) is 2.33. The standard InChI is InChI=1S/C17H22O4/c18-16-14-8-10-15(11-9-14)17(19)21-13-7-5-3-1-2-4-6-12-20-16/h8-11H,1-7,12-13H2. The lowest BCUT2D eigenvalue weighted by molar-refractivity contribution is 0.0485. The van der Waals surface area contributed by atoms with Crippen molar-refractivity contribution < 1.29 is 19.1 Å². The molecule has 4 heteroatoms. The number of carbonyl (C=O) groups excluding carboxylic acids is 2. The topological polar surface area (TPSA) is 52.6 Å². The van der Waals surface area contributed by atoms with Crippen LogP contribution in [0.15, 0.2) is 24.3 Å². The van der Waals surface area contributed by atoms with Crippen LogP contribution < -0.4 is 0 Å². The summed E-state index contributed by atoms with van der Waals surface area (Å²) in [5, 5.41) is 0. The summed E-state index contributed by atoms with van der Waals surface area (Å²) in [6.07, 6.45) is 7.48. The van der Waals surface area contributed by atoms with Crippen LogP contribution >= 0.6 is 0 Å². The van der Waals surface area contributed by atoms with Crippen LogP contribution in [0, 0.1) is 0 Å². The zero-order valence-electron chi connectivity index (χ0n) is 12.3. The van der Waals surface area contributed by atoms with Crippen molar-refractivity contribution in [3.8, 4) is 0 Å². The van der Waals surface area contributed by atoms with Crippen molar-refractivity contribution >= 4 is 11.9 Å². The molecule has 0 saturated heterocycles. The van der Waals surface area contributed by atoms with Gasteiger partial charge in [-0.25, -0.2) is 9.59 Å². The van der Waals surface area contributed by atoms with Crippen molar-refractivity contribution in [2.45, 2.75) is 44.9 Å². The minimum Gasteiger partial charge on any atom is -0.462 e. The fourth-order valence-corrected chi connectivity index (χ4v) is 2.33. The molecule has 2 aliphatic heterocycles. The molecule has 0 unspecified atom stereocenters. The molecule has 0 N–H and O–H groups in total. The molecule has 2 aliphatic rings. The Morgan fingerprint density at radius 3 is 1.29 bits per heavy atom. The van der Waals surface area contributed by atoms with E-state index in [1.165, 1.54) is 6.42 Å². The molecule has 0 aromatic heterocycles. The molecule has 2 bridgehead atoms. The first kappa shape index (κ1) is 15.5. The lowest BCUT2D eigenvalue weighted by Crippen LogP contribution is -2.09. The van der Waals surface area contributed by atoms with Gasteiger partial charge in [0.25, 0.3) is 0 Å². The molecule has 0 atom stereocenters. The summed E-state index contributed by atoms with van der Waals surface area (Å²) in [4.78, 5) is 23.6. The van der Waals surface area contributed by atoms with E-state index in [4.69, 9.17) is 9.47 Å². The normalized spacial score (nSPS) is 18.7. The fraction of sp³-hybridized carbons (Fsp3) is 0.529. The van der Waals surface area contributed by atoms with Gasteiger partial charge in [0.1, 0.15) is 0 Å². The van der Waals surface area contributed by atoms with Crippen LogP contribution in [-0.2, 0) is 9.47 Å². The van der Waals surface area contributed by atoms with Crippen LogP contribution in [0.5, 0.6) is 0 Å². The zero-order chi connectivity index (χ0) is 14.9. The summed E-state index contributed by atoms with van der Waals surface area (Å²) >= 11 is 0. The number of ether oxygens (including phenoxy) is 2. The van der Waals surface area contributed by atoms with Gasteiger partial charge in [0.2, 0.25) is 0 Å². The average molecular weight is 290 g/mol. The second kappa shape index (κ2) is 8.45. The number of carbonyl (C=O) groups is 2. The van der Waals surface area contributed by atoms with E-state index in [0.29, 0.717) is 24.3 Å². The Bertz CT molecular complexity index is 421. The van der Waals surface area contributed by atoms with Gasteiger partial charge < -0.3 is 9.47 Å². The minimum atomic E-state index is -0.334. The number of benzene rings is 1. The highest BCUT2D eigenvalue weighted by Crippen LogP contribution is 2.11. The van der Waals surface area contributed by atoms with Crippen LogP contribution in [0.2, 0.25) is 0 Å². The molecule has 0 radical (unpaired) electrons. The summed E-state index contributed by atoms with van der Waals surface area (Å²) in [5.41, 5.74) is 0.937. The Labute approximate surface area is 125 Å². The van der Waals surface area contributed by atoms with Crippen molar-refractivity contribution in [2.75, 3.05) is 13.2 Å². The maximum atomic E-state index is 11.8. The predicted octanol–water partition coefficient (Wildman–Crippen LogP) is 3.74. The first-order valence-electron chi connectivity index (χ1n) is 7.72. The predicted molar refractivity (Wildman–Crippen MR) is 79.3 cm³/mol. The molecule has 0 amide bonds. The van der Waals surface area contributed by atoms with Crippen molar-refractivity contribution in [3.63, 3.8) is 0 Å². The van der Waals surface area contributed by atoms with E-state index in [2.05, 4.69) is 0 Å². The van der Waals surface area contributed by atoms with Gasteiger partial charge in [0, 0.05) is 0 Å². The highest BCUT2D eigenvalue weighted by Gasteiger charge is 2.11. The molecule has 0 fully saturated rings. The number of hydrogen-bond donors (Lipinski definition) is 0. The average Bonchev–Trinajstić information content (AvgIpc) is 2.51. The van der Waals surface area contributed by atoms with Gasteiger partial charge in [0.05, 0.1) is 24.3 Å². The van der Waals surface area contributed by atoms with Gasteiger partial charge in [-0.1, -0.05) is 32.1 Å². The molecule has 1 aromatic rings. The second-order valence-electron chi connectivity index (χ2n) is 5.32. The third-order valence-corrected chi connectivity index (χ3v) is 3.61. The molecule has 0 spiro atoms. The number of fused-ring (bicyclic) bond motifs is 14. The summed E-state index contributed by atoms with van der Waals surface area (Å²) in [7, 11) is 0. The molecule has 1 aromatic carbocycles. The summed E-state index contributed by atoms with van der Waals surface area (Å²) < 4.78 is 10.4. The molecule has 3 rings (SSSR count). The summed E-state index contributed by atoms with van der Waals surface area (Å²) in [6.45, 7) is 0.922. The van der Waals surface area contributed by atoms with Crippen LogP contribution in [0.3, 0.4) is 0 Å². The number of esters is 2. The second-order valence-corrected chi connectivity index (χ2v) is 5.32. The molecular formula is C17H22O4. The van der Waals surface area contributed by atoms with Gasteiger partial charge in [-0.2, -0.15) is 0 Å². The Morgan fingerprint density at radius 2 is 0.905 bits per heavy atom. The molecule has 0 saturated carbocycles. The van der Waals surface area contributed by atoms with E-state index in [9.17, 15) is 9.59 Å². The SMILES string of the molecule is O=C1OCCCCCCCCCOC(=O)c2ccc1cc2. The minimum absolute atomic E-state index is 0.334. The molecular weight excluding hydrogens is 268 g/mol. The molecule has 21 heavy (non-hydrogen) atoms. The monoisotopic (exact) mass is 290 g/mol. The van der Waals surface area contributed by atoms with E-state index in [1.807, 2.05) is 0 Å². The van der Waals surface area contributed by atoms with Gasteiger partial charge in [-0.15, -0.1) is 0 Å². The van der Waals surface area contributed by atoms with Crippen molar-refractivity contribution in [3.05, 3.63) is 35.4 Å². The number of hydrogen-bond acceptors (Lipinski definition) is 4. The Balaban J connectivity index is 1.99. The van der Waals surface area contributed by atoms with Crippen molar-refractivity contribution in [1.82, 2.24) is 0 Å². The first-order valence-corrected chi connectivity index (χ1v) is 7.72.